The van der Waals surface area contributed by atoms with Gasteiger partial charge in [0.2, 0.25) is 0 Å². The number of aromatic nitrogens is 2. The van der Waals surface area contributed by atoms with Gasteiger partial charge in [0.15, 0.2) is 6.61 Å². The van der Waals surface area contributed by atoms with E-state index in [1.54, 1.807) is 7.11 Å². The van der Waals surface area contributed by atoms with Crippen molar-refractivity contribution in [1.29, 1.82) is 0 Å². The van der Waals surface area contributed by atoms with Crippen LogP contribution in [0.2, 0.25) is 0 Å². The summed E-state index contributed by atoms with van der Waals surface area (Å²) in [4.78, 5) is 12.5. The van der Waals surface area contributed by atoms with Gasteiger partial charge in [-0.05, 0) is 36.4 Å². The average molecular weight is 377 g/mol. The van der Waals surface area contributed by atoms with E-state index < -0.39 is 0 Å². The molecule has 6 heteroatoms. The Kier molecular flexibility index (Phi) is 5.04. The van der Waals surface area contributed by atoms with Crippen molar-refractivity contribution in [2.75, 3.05) is 25.6 Å². The molecule has 144 valence electrons. The van der Waals surface area contributed by atoms with Crippen molar-refractivity contribution in [3.8, 4) is 5.75 Å². The summed E-state index contributed by atoms with van der Waals surface area (Å²) in [7, 11) is 3.67. The molecule has 0 spiro atoms. The van der Waals surface area contributed by atoms with Crippen LogP contribution in [0.15, 0.2) is 60.9 Å². The summed E-state index contributed by atoms with van der Waals surface area (Å²) in [5, 5.41) is 4.94. The molecule has 1 amide bonds. The molecule has 0 aliphatic heterocycles. The maximum absolute atomic E-state index is 12.5. The van der Waals surface area contributed by atoms with Gasteiger partial charge in [-0.15, -0.1) is 0 Å². The first-order valence-electron chi connectivity index (χ1n) is 9.21. The Balaban J connectivity index is 1.47. The number of amides is 1. The number of nitrogens with one attached hydrogen (secondary N) is 1. The second kappa shape index (κ2) is 7.78. The summed E-state index contributed by atoms with van der Waals surface area (Å²) in [5.74, 6) is 0.508. The number of ether oxygens (including phenoxy) is 2. The first kappa shape index (κ1) is 18.1. The summed E-state index contributed by atoms with van der Waals surface area (Å²) in [5.41, 5.74) is 2.92. The fourth-order valence-corrected chi connectivity index (χ4v) is 3.45. The lowest BCUT2D eigenvalue weighted by molar-refractivity contribution is -0.118. The summed E-state index contributed by atoms with van der Waals surface area (Å²) in [6.07, 6.45) is 3.98. The summed E-state index contributed by atoms with van der Waals surface area (Å²) in [6, 6.07) is 15.7. The second-order valence-electron chi connectivity index (χ2n) is 6.69. The minimum atomic E-state index is -0.188. The van der Waals surface area contributed by atoms with Crippen LogP contribution in [0.5, 0.6) is 5.75 Å². The summed E-state index contributed by atoms with van der Waals surface area (Å²) >= 11 is 0. The van der Waals surface area contributed by atoms with Gasteiger partial charge in [-0.3, -0.25) is 4.79 Å². The van der Waals surface area contributed by atoms with E-state index in [2.05, 4.69) is 9.88 Å². The molecule has 0 aliphatic carbocycles. The molecule has 2 aromatic carbocycles. The number of carbonyl (C=O) groups is 1. The third kappa shape index (κ3) is 3.46. The molecule has 2 aromatic heterocycles. The van der Waals surface area contributed by atoms with Crippen LogP contribution in [0.1, 0.15) is 0 Å². The number of hydrogen-bond donors (Lipinski definition) is 1. The van der Waals surface area contributed by atoms with Crippen LogP contribution in [0.4, 0.5) is 5.69 Å². The lowest BCUT2D eigenvalue weighted by atomic mass is 10.2. The molecular weight excluding hydrogens is 354 g/mol. The zero-order valence-corrected chi connectivity index (χ0v) is 16.0. The van der Waals surface area contributed by atoms with Gasteiger partial charge in [0.25, 0.3) is 5.91 Å². The van der Waals surface area contributed by atoms with E-state index in [1.807, 2.05) is 72.5 Å². The molecule has 0 saturated heterocycles. The maximum Gasteiger partial charge on any atom is 0.262 e. The van der Waals surface area contributed by atoms with E-state index >= 15 is 0 Å². The first-order valence-corrected chi connectivity index (χ1v) is 9.21. The molecule has 2 heterocycles. The molecular formula is C22H23N3O3. The summed E-state index contributed by atoms with van der Waals surface area (Å²) < 4.78 is 15.1. The molecule has 0 fully saturated rings. The lowest BCUT2D eigenvalue weighted by Crippen LogP contribution is -2.20. The second-order valence-corrected chi connectivity index (χ2v) is 6.69. The van der Waals surface area contributed by atoms with E-state index in [1.165, 1.54) is 0 Å². The first-order chi connectivity index (χ1) is 13.7. The lowest BCUT2D eigenvalue weighted by Gasteiger charge is -2.10. The van der Waals surface area contributed by atoms with E-state index in [9.17, 15) is 4.79 Å². The quantitative estimate of drug-likeness (QED) is 0.533. The molecule has 0 unspecified atom stereocenters. The molecule has 0 aliphatic rings. The fourth-order valence-electron chi connectivity index (χ4n) is 3.45. The number of benzene rings is 2. The molecule has 0 saturated carbocycles. The Morgan fingerprint density at radius 2 is 1.79 bits per heavy atom. The molecule has 4 rings (SSSR count). The van der Waals surface area contributed by atoms with E-state index in [0.29, 0.717) is 12.4 Å². The van der Waals surface area contributed by atoms with Crippen molar-refractivity contribution < 1.29 is 14.3 Å². The molecule has 0 radical (unpaired) electrons. The van der Waals surface area contributed by atoms with Crippen molar-refractivity contribution >= 4 is 33.4 Å². The van der Waals surface area contributed by atoms with Crippen LogP contribution in [0.3, 0.4) is 0 Å². The number of fused-ring (bicyclic) bond motifs is 2. The minimum absolute atomic E-state index is 0.0500. The third-order valence-corrected chi connectivity index (χ3v) is 4.87. The highest BCUT2D eigenvalue weighted by Gasteiger charge is 2.11. The van der Waals surface area contributed by atoms with E-state index in [0.717, 1.165) is 34.0 Å². The third-order valence-electron chi connectivity index (χ3n) is 4.87. The number of hydrogen-bond acceptors (Lipinski definition) is 3. The summed E-state index contributed by atoms with van der Waals surface area (Å²) in [6.45, 7) is 1.36. The van der Waals surface area contributed by atoms with Crippen LogP contribution in [0.25, 0.3) is 21.8 Å². The van der Waals surface area contributed by atoms with Gasteiger partial charge >= 0.3 is 0 Å². The van der Waals surface area contributed by atoms with Crippen molar-refractivity contribution in [1.82, 2.24) is 9.13 Å². The van der Waals surface area contributed by atoms with Crippen molar-refractivity contribution in [2.24, 2.45) is 7.05 Å². The van der Waals surface area contributed by atoms with Gasteiger partial charge < -0.3 is 23.9 Å². The molecule has 4 aromatic rings. The van der Waals surface area contributed by atoms with Crippen molar-refractivity contribution in [2.45, 2.75) is 6.54 Å². The molecule has 6 nitrogen and oxygen atoms in total. The molecule has 1 N–H and O–H groups in total. The predicted octanol–water partition coefficient (Wildman–Crippen LogP) is 3.80. The van der Waals surface area contributed by atoms with Gasteiger partial charge in [0.1, 0.15) is 5.75 Å². The van der Waals surface area contributed by atoms with Gasteiger partial charge in [0, 0.05) is 49.4 Å². The zero-order valence-electron chi connectivity index (χ0n) is 16.0. The number of rotatable bonds is 7. The highest BCUT2D eigenvalue weighted by molar-refractivity contribution is 6.02. The number of methoxy groups -OCH3 is 1. The largest absolute Gasteiger partial charge is 0.483 e. The van der Waals surface area contributed by atoms with Crippen molar-refractivity contribution in [3.63, 3.8) is 0 Å². The Labute approximate surface area is 163 Å². The molecule has 0 atom stereocenters. The highest BCUT2D eigenvalue weighted by atomic mass is 16.5. The fraction of sp³-hybridized carbons (Fsp3) is 0.227. The highest BCUT2D eigenvalue weighted by Crippen LogP contribution is 2.27. The Bertz CT molecular complexity index is 1130. The zero-order chi connectivity index (χ0) is 19.5. The molecule has 28 heavy (non-hydrogen) atoms. The minimum Gasteiger partial charge on any atom is -0.483 e. The number of anilines is 1. The van der Waals surface area contributed by atoms with E-state index in [4.69, 9.17) is 9.47 Å². The Hall–Kier alpha value is -3.25. The van der Waals surface area contributed by atoms with Gasteiger partial charge in [0.05, 0.1) is 17.8 Å². The topological polar surface area (TPSA) is 57.4 Å². The predicted molar refractivity (Wildman–Crippen MR) is 111 cm³/mol. The van der Waals surface area contributed by atoms with Crippen LogP contribution in [-0.4, -0.2) is 35.4 Å². The normalized spacial score (nSPS) is 11.2. The van der Waals surface area contributed by atoms with Gasteiger partial charge in [-0.1, -0.05) is 12.1 Å². The monoisotopic (exact) mass is 377 g/mol. The Morgan fingerprint density at radius 3 is 2.64 bits per heavy atom. The van der Waals surface area contributed by atoms with Crippen molar-refractivity contribution in [3.05, 3.63) is 60.9 Å². The standard InChI is InChI=1S/C22H23N3O3/c1-24-11-9-16-18(5-3-6-19(16)24)23-22(26)15-28-21-8-4-7-20-17(21)10-12-25(20)13-14-27-2/h3-12H,13-15H2,1-2H3,(H,23,26). The maximum atomic E-state index is 12.5. The van der Waals surface area contributed by atoms with Gasteiger partial charge in [-0.25, -0.2) is 0 Å². The number of nitrogens with zero attached hydrogens (tertiary/aromatic N) is 2. The average Bonchev–Trinajstić information content (AvgIpc) is 3.29. The number of carbonyl (C=O) groups excluding carboxylic acids is 1. The van der Waals surface area contributed by atoms with E-state index in [-0.39, 0.29) is 12.5 Å². The van der Waals surface area contributed by atoms with Crippen LogP contribution >= 0.6 is 0 Å². The van der Waals surface area contributed by atoms with Crippen LogP contribution in [0, 0.1) is 0 Å². The van der Waals surface area contributed by atoms with Crippen LogP contribution in [-0.2, 0) is 23.1 Å². The Morgan fingerprint density at radius 1 is 1.00 bits per heavy atom. The number of aryl methyl sites for hydroxylation is 1. The SMILES string of the molecule is COCCn1ccc2c(OCC(=O)Nc3cccc4c3ccn4C)cccc21. The van der Waals surface area contributed by atoms with Gasteiger partial charge in [-0.2, -0.15) is 0 Å². The molecule has 0 bridgehead atoms. The van der Waals surface area contributed by atoms with Crippen LogP contribution < -0.4 is 10.1 Å². The smallest absolute Gasteiger partial charge is 0.262 e.